The molecule has 4 rings (SSSR count). The maximum atomic E-state index is 6.01. The van der Waals surface area contributed by atoms with Gasteiger partial charge in [-0.15, -0.1) is 0 Å². The van der Waals surface area contributed by atoms with E-state index < -0.39 is 7.92 Å². The summed E-state index contributed by atoms with van der Waals surface area (Å²) in [6.45, 7) is 5.12. The van der Waals surface area contributed by atoms with Crippen molar-refractivity contribution in [3.8, 4) is 0 Å². The third kappa shape index (κ3) is 3.39. The van der Waals surface area contributed by atoms with Gasteiger partial charge in [-0.25, -0.2) is 4.99 Å². The highest BCUT2D eigenvalue weighted by Gasteiger charge is 2.29. The lowest BCUT2D eigenvalue weighted by Crippen LogP contribution is -2.14. The summed E-state index contributed by atoms with van der Waals surface area (Å²) in [4.78, 5) is 4.89. The minimum atomic E-state index is -0.581. The molecule has 2 aromatic carbocycles. The zero-order valence-electron chi connectivity index (χ0n) is 15.3. The van der Waals surface area contributed by atoms with E-state index in [1.807, 2.05) is 0 Å². The fourth-order valence-electron chi connectivity index (χ4n) is 3.39. The molecule has 1 aliphatic carbocycles. The molecule has 0 saturated heterocycles. The van der Waals surface area contributed by atoms with Gasteiger partial charge in [-0.05, 0) is 36.2 Å². The number of nitrogens with zero attached hydrogens (tertiary/aromatic N) is 1. The fraction of sp³-hybridized carbons (Fsp3) is 0.261. The van der Waals surface area contributed by atoms with Crippen LogP contribution in [-0.4, -0.2) is 18.5 Å². The Labute approximate surface area is 157 Å². The van der Waals surface area contributed by atoms with Gasteiger partial charge < -0.3 is 4.74 Å². The van der Waals surface area contributed by atoms with Gasteiger partial charge in [0.25, 0.3) is 0 Å². The van der Waals surface area contributed by atoms with Crippen LogP contribution in [0.5, 0.6) is 0 Å². The van der Waals surface area contributed by atoms with E-state index in [0.29, 0.717) is 12.5 Å². The van der Waals surface area contributed by atoms with Crippen LogP contribution < -0.4 is 10.6 Å². The summed E-state index contributed by atoms with van der Waals surface area (Å²) in [7, 11) is -0.581. The second kappa shape index (κ2) is 7.60. The average Bonchev–Trinajstić information content (AvgIpc) is 3.33. The van der Waals surface area contributed by atoms with Gasteiger partial charge in [0.15, 0.2) is 0 Å². The third-order valence-corrected chi connectivity index (χ3v) is 7.47. The summed E-state index contributed by atoms with van der Waals surface area (Å²) >= 11 is 0. The molecule has 0 saturated carbocycles. The molecule has 132 valence electrons. The molecule has 1 heterocycles. The van der Waals surface area contributed by atoms with E-state index in [0.717, 1.165) is 12.3 Å². The van der Waals surface area contributed by atoms with Crippen LogP contribution >= 0.6 is 7.92 Å². The number of hydrogen-bond donors (Lipinski definition) is 0. The predicted octanol–water partition coefficient (Wildman–Crippen LogP) is 4.79. The average molecular weight is 361 g/mol. The van der Waals surface area contributed by atoms with Gasteiger partial charge in [0.2, 0.25) is 5.90 Å². The fourth-order valence-corrected chi connectivity index (χ4v) is 5.96. The van der Waals surface area contributed by atoms with E-state index in [9.17, 15) is 0 Å². The molecule has 1 aliphatic heterocycles. The molecule has 0 spiro atoms. The Bertz CT molecular complexity index is 813. The molecule has 2 aromatic rings. The number of ether oxygens (including phenoxy) is 1. The van der Waals surface area contributed by atoms with E-state index >= 15 is 0 Å². The zero-order valence-corrected chi connectivity index (χ0v) is 16.2. The summed E-state index contributed by atoms with van der Waals surface area (Å²) < 4.78 is 6.01. The number of aliphatic imine (C=N–C) groups is 1. The lowest BCUT2D eigenvalue weighted by Gasteiger charge is -2.22. The molecule has 0 aromatic heterocycles. The van der Waals surface area contributed by atoms with Crippen LogP contribution in [0.2, 0.25) is 0 Å². The van der Waals surface area contributed by atoms with Gasteiger partial charge in [-0.1, -0.05) is 86.7 Å². The van der Waals surface area contributed by atoms with Crippen molar-refractivity contribution in [2.24, 2.45) is 10.9 Å². The van der Waals surface area contributed by atoms with Gasteiger partial charge in [0, 0.05) is 5.57 Å². The SMILES string of the molecule is CC(C)[C@@H]1COC(C2=C(P(c3ccccc3)c3ccccc3)CC=C2)=N1. The Morgan fingerprint density at radius 1 is 0.962 bits per heavy atom. The lowest BCUT2D eigenvalue weighted by atomic mass is 10.1. The topological polar surface area (TPSA) is 21.6 Å². The number of benzene rings is 2. The number of hydrogen-bond acceptors (Lipinski definition) is 2. The summed E-state index contributed by atoms with van der Waals surface area (Å²) in [6.07, 6.45) is 5.43. The zero-order chi connectivity index (χ0) is 17.9. The minimum absolute atomic E-state index is 0.271. The number of allylic oxidation sites excluding steroid dienone is 2. The smallest absolute Gasteiger partial charge is 0.216 e. The molecule has 0 bridgehead atoms. The van der Waals surface area contributed by atoms with E-state index in [-0.39, 0.29) is 6.04 Å². The normalized spacial score (nSPS) is 19.4. The highest BCUT2D eigenvalue weighted by atomic mass is 31.1. The maximum absolute atomic E-state index is 6.01. The van der Waals surface area contributed by atoms with E-state index in [1.165, 1.54) is 21.5 Å². The monoisotopic (exact) mass is 361 g/mol. The first-order valence-electron chi connectivity index (χ1n) is 9.25. The molecule has 0 unspecified atom stereocenters. The first-order chi connectivity index (χ1) is 12.7. The Hall–Kier alpha value is -2.18. The molecule has 2 aliphatic rings. The van der Waals surface area contributed by atoms with Crippen molar-refractivity contribution in [1.29, 1.82) is 0 Å². The van der Waals surface area contributed by atoms with Crippen molar-refractivity contribution in [3.05, 3.63) is 83.7 Å². The van der Waals surface area contributed by atoms with Crippen LogP contribution in [0.4, 0.5) is 0 Å². The molecule has 0 fully saturated rings. The van der Waals surface area contributed by atoms with Crippen molar-refractivity contribution in [1.82, 2.24) is 0 Å². The summed E-state index contributed by atoms with van der Waals surface area (Å²) in [5.74, 6) is 1.35. The van der Waals surface area contributed by atoms with Gasteiger partial charge >= 0.3 is 0 Å². The highest BCUT2D eigenvalue weighted by Crippen LogP contribution is 2.49. The first kappa shape index (κ1) is 17.2. The maximum Gasteiger partial charge on any atom is 0.216 e. The molecule has 1 atom stereocenters. The van der Waals surface area contributed by atoms with Gasteiger partial charge in [-0.2, -0.15) is 0 Å². The molecule has 3 heteroatoms. The van der Waals surface area contributed by atoms with Crippen LogP contribution in [0.15, 0.2) is 88.7 Å². The van der Waals surface area contributed by atoms with Crippen LogP contribution in [0.3, 0.4) is 0 Å². The Morgan fingerprint density at radius 2 is 1.58 bits per heavy atom. The Morgan fingerprint density at radius 3 is 2.12 bits per heavy atom. The summed E-state index contributed by atoms with van der Waals surface area (Å²) in [6, 6.07) is 22.0. The van der Waals surface area contributed by atoms with Crippen molar-refractivity contribution >= 4 is 24.4 Å². The Kier molecular flexibility index (Phi) is 5.04. The molecular formula is C23H24NOP. The lowest BCUT2D eigenvalue weighted by molar-refractivity contribution is 0.292. The summed E-state index contributed by atoms with van der Waals surface area (Å²) in [5, 5.41) is 4.20. The van der Waals surface area contributed by atoms with Crippen LogP contribution in [-0.2, 0) is 4.74 Å². The molecule has 0 radical (unpaired) electrons. The van der Waals surface area contributed by atoms with Crippen molar-refractivity contribution < 1.29 is 4.74 Å². The van der Waals surface area contributed by atoms with E-state index in [2.05, 4.69) is 86.7 Å². The van der Waals surface area contributed by atoms with E-state index in [4.69, 9.17) is 9.73 Å². The van der Waals surface area contributed by atoms with Crippen molar-refractivity contribution in [2.75, 3.05) is 6.61 Å². The summed E-state index contributed by atoms with van der Waals surface area (Å²) in [5.41, 5.74) is 1.20. The molecule has 0 N–H and O–H groups in total. The standard InChI is InChI=1S/C23H24NOP/c1-17(2)21-16-25-23(24-21)20-14-9-15-22(20)26(18-10-5-3-6-11-18)19-12-7-4-8-13-19/h3-14,17,21H,15-16H2,1-2H3/t21-/m0/s1. The van der Waals surface area contributed by atoms with Crippen molar-refractivity contribution in [2.45, 2.75) is 26.3 Å². The minimum Gasteiger partial charge on any atom is -0.475 e. The quantitative estimate of drug-likeness (QED) is 0.702. The first-order valence-corrected chi connectivity index (χ1v) is 10.6. The van der Waals surface area contributed by atoms with Crippen LogP contribution in [0.1, 0.15) is 20.3 Å². The second-order valence-electron chi connectivity index (χ2n) is 7.03. The second-order valence-corrected chi connectivity index (χ2v) is 9.27. The third-order valence-electron chi connectivity index (χ3n) is 4.88. The van der Waals surface area contributed by atoms with Crippen LogP contribution in [0, 0.1) is 5.92 Å². The molecule has 2 nitrogen and oxygen atoms in total. The molecule has 26 heavy (non-hydrogen) atoms. The van der Waals surface area contributed by atoms with Crippen molar-refractivity contribution in [3.63, 3.8) is 0 Å². The van der Waals surface area contributed by atoms with Gasteiger partial charge in [-0.3, -0.25) is 0 Å². The van der Waals surface area contributed by atoms with Crippen LogP contribution in [0.25, 0.3) is 0 Å². The molecule has 0 amide bonds. The largest absolute Gasteiger partial charge is 0.475 e. The van der Waals surface area contributed by atoms with E-state index in [1.54, 1.807) is 0 Å². The number of rotatable bonds is 5. The Balaban J connectivity index is 1.79. The molecular weight excluding hydrogens is 337 g/mol. The predicted molar refractivity (Wildman–Crippen MR) is 112 cm³/mol. The highest BCUT2D eigenvalue weighted by molar-refractivity contribution is 7.76. The van der Waals surface area contributed by atoms with Gasteiger partial charge in [0.05, 0.1) is 6.04 Å². The van der Waals surface area contributed by atoms with Gasteiger partial charge in [0.1, 0.15) is 6.61 Å².